The van der Waals surface area contributed by atoms with E-state index in [1.54, 1.807) is 11.9 Å². The predicted octanol–water partition coefficient (Wildman–Crippen LogP) is 2.33. The van der Waals surface area contributed by atoms with Crippen molar-refractivity contribution in [3.63, 3.8) is 0 Å². The van der Waals surface area contributed by atoms with Crippen LogP contribution in [0.4, 0.5) is 5.69 Å². The molecule has 0 radical (unpaired) electrons. The number of hydrogen-bond acceptors (Lipinski definition) is 2. The molecule has 1 aromatic rings. The summed E-state index contributed by atoms with van der Waals surface area (Å²) in [5.74, 6) is 0.833. The van der Waals surface area contributed by atoms with Crippen LogP contribution < -0.4 is 10.6 Å². The van der Waals surface area contributed by atoms with E-state index in [9.17, 15) is 4.79 Å². The Hall–Kier alpha value is -1.42. The molecule has 1 aliphatic carbocycles. The average molecular weight is 262 g/mol. The standard InChI is InChI=1S/C14H18N2OS/c1-9(10-6-7-10)14(17)16(2)12-5-3-4-11(8-12)13(15)18/h3-5,8-10H,6-7H2,1-2H3,(H2,15,18). The number of nitrogens with zero attached hydrogens (tertiary/aromatic N) is 1. The Labute approximate surface area is 113 Å². The van der Waals surface area contributed by atoms with E-state index in [-0.39, 0.29) is 11.8 Å². The van der Waals surface area contributed by atoms with Crippen LogP contribution in [0.3, 0.4) is 0 Å². The summed E-state index contributed by atoms with van der Waals surface area (Å²) >= 11 is 4.95. The summed E-state index contributed by atoms with van der Waals surface area (Å²) in [6, 6.07) is 7.49. The number of hydrogen-bond donors (Lipinski definition) is 1. The van der Waals surface area contributed by atoms with Gasteiger partial charge in [0.05, 0.1) is 0 Å². The van der Waals surface area contributed by atoms with Gasteiger partial charge in [-0.05, 0) is 30.9 Å². The van der Waals surface area contributed by atoms with Gasteiger partial charge in [0.2, 0.25) is 5.91 Å². The van der Waals surface area contributed by atoms with Crippen LogP contribution in [0.2, 0.25) is 0 Å². The third kappa shape index (κ3) is 2.70. The molecule has 0 heterocycles. The highest BCUT2D eigenvalue weighted by Gasteiger charge is 2.34. The molecule has 3 nitrogen and oxygen atoms in total. The van der Waals surface area contributed by atoms with Gasteiger partial charge in [-0.3, -0.25) is 4.79 Å². The van der Waals surface area contributed by atoms with Crippen molar-refractivity contribution in [1.29, 1.82) is 0 Å². The van der Waals surface area contributed by atoms with E-state index in [1.165, 1.54) is 12.8 Å². The topological polar surface area (TPSA) is 46.3 Å². The molecule has 0 bridgehead atoms. The van der Waals surface area contributed by atoms with E-state index in [2.05, 4.69) is 0 Å². The minimum Gasteiger partial charge on any atom is -0.389 e. The van der Waals surface area contributed by atoms with Gasteiger partial charge in [0.1, 0.15) is 4.99 Å². The Morgan fingerprint density at radius 3 is 2.72 bits per heavy atom. The monoisotopic (exact) mass is 262 g/mol. The molecule has 2 rings (SSSR count). The lowest BCUT2D eigenvalue weighted by molar-refractivity contribution is -0.122. The highest BCUT2D eigenvalue weighted by Crippen LogP contribution is 2.37. The van der Waals surface area contributed by atoms with Crippen LogP contribution in [-0.2, 0) is 4.79 Å². The molecule has 0 aliphatic heterocycles. The van der Waals surface area contributed by atoms with Crippen LogP contribution in [0.5, 0.6) is 0 Å². The van der Waals surface area contributed by atoms with Crippen molar-refractivity contribution in [3.05, 3.63) is 29.8 Å². The molecule has 18 heavy (non-hydrogen) atoms. The van der Waals surface area contributed by atoms with Crippen molar-refractivity contribution < 1.29 is 4.79 Å². The Kier molecular flexibility index (Phi) is 3.66. The van der Waals surface area contributed by atoms with Crippen LogP contribution in [0.25, 0.3) is 0 Å². The van der Waals surface area contributed by atoms with E-state index in [0.29, 0.717) is 10.9 Å². The van der Waals surface area contributed by atoms with Crippen molar-refractivity contribution in [2.24, 2.45) is 17.6 Å². The summed E-state index contributed by atoms with van der Waals surface area (Å²) in [7, 11) is 1.81. The molecule has 4 heteroatoms. The van der Waals surface area contributed by atoms with Gasteiger partial charge in [0.25, 0.3) is 0 Å². The second-order valence-electron chi connectivity index (χ2n) is 4.94. The molecule has 0 spiro atoms. The molecule has 1 fully saturated rings. The van der Waals surface area contributed by atoms with Gasteiger partial charge in [0.15, 0.2) is 0 Å². The summed E-state index contributed by atoms with van der Waals surface area (Å²) in [6.45, 7) is 2.01. The molecular formula is C14H18N2OS. The van der Waals surface area contributed by atoms with Gasteiger partial charge < -0.3 is 10.6 Å². The first-order valence-corrected chi connectivity index (χ1v) is 6.59. The van der Waals surface area contributed by atoms with Crippen LogP contribution in [0, 0.1) is 11.8 Å². The summed E-state index contributed by atoms with van der Waals surface area (Å²) < 4.78 is 0. The van der Waals surface area contributed by atoms with Crippen LogP contribution in [-0.4, -0.2) is 17.9 Å². The molecule has 1 unspecified atom stereocenters. The molecule has 0 saturated heterocycles. The summed E-state index contributed by atoms with van der Waals surface area (Å²) in [5, 5.41) is 0. The van der Waals surface area contributed by atoms with Crippen molar-refractivity contribution >= 4 is 28.8 Å². The van der Waals surface area contributed by atoms with Crippen molar-refractivity contribution in [3.8, 4) is 0 Å². The highest BCUT2D eigenvalue weighted by molar-refractivity contribution is 7.80. The minimum absolute atomic E-state index is 0.100. The maximum atomic E-state index is 12.3. The van der Waals surface area contributed by atoms with Gasteiger partial charge in [-0.25, -0.2) is 0 Å². The zero-order valence-corrected chi connectivity index (χ0v) is 11.5. The minimum atomic E-state index is 0.100. The van der Waals surface area contributed by atoms with E-state index in [1.807, 2.05) is 31.2 Å². The number of anilines is 1. The quantitative estimate of drug-likeness (QED) is 0.847. The number of rotatable bonds is 4. The number of amides is 1. The molecule has 1 amide bonds. The second kappa shape index (κ2) is 5.06. The van der Waals surface area contributed by atoms with Crippen LogP contribution in [0.15, 0.2) is 24.3 Å². The fourth-order valence-corrected chi connectivity index (χ4v) is 2.23. The zero-order valence-electron chi connectivity index (χ0n) is 10.7. The fourth-order valence-electron chi connectivity index (χ4n) is 2.10. The predicted molar refractivity (Wildman–Crippen MR) is 77.6 cm³/mol. The van der Waals surface area contributed by atoms with Crippen LogP contribution in [0.1, 0.15) is 25.3 Å². The van der Waals surface area contributed by atoms with Crippen molar-refractivity contribution in [2.75, 3.05) is 11.9 Å². The van der Waals surface area contributed by atoms with Crippen LogP contribution >= 0.6 is 12.2 Å². The first-order valence-electron chi connectivity index (χ1n) is 6.18. The highest BCUT2D eigenvalue weighted by atomic mass is 32.1. The van der Waals surface area contributed by atoms with Crippen molar-refractivity contribution in [1.82, 2.24) is 0 Å². The van der Waals surface area contributed by atoms with Gasteiger partial charge >= 0.3 is 0 Å². The number of carbonyl (C=O) groups excluding carboxylic acids is 1. The summed E-state index contributed by atoms with van der Waals surface area (Å²) in [5.41, 5.74) is 7.24. The molecule has 1 aromatic carbocycles. The lowest BCUT2D eigenvalue weighted by atomic mass is 10.0. The third-order valence-corrected chi connectivity index (χ3v) is 3.80. The van der Waals surface area contributed by atoms with E-state index < -0.39 is 0 Å². The average Bonchev–Trinajstić information content (AvgIpc) is 3.20. The van der Waals surface area contributed by atoms with Gasteiger partial charge in [-0.2, -0.15) is 0 Å². The number of benzene rings is 1. The second-order valence-corrected chi connectivity index (χ2v) is 5.38. The zero-order chi connectivity index (χ0) is 13.3. The molecule has 96 valence electrons. The molecule has 1 atom stereocenters. The van der Waals surface area contributed by atoms with Gasteiger partial charge in [-0.1, -0.05) is 31.3 Å². The Morgan fingerprint density at radius 2 is 2.17 bits per heavy atom. The molecule has 2 N–H and O–H groups in total. The van der Waals surface area contributed by atoms with Gasteiger partial charge in [-0.15, -0.1) is 0 Å². The Morgan fingerprint density at radius 1 is 1.50 bits per heavy atom. The molecular weight excluding hydrogens is 244 g/mol. The van der Waals surface area contributed by atoms with Crippen molar-refractivity contribution in [2.45, 2.75) is 19.8 Å². The summed E-state index contributed by atoms with van der Waals surface area (Å²) in [6.07, 6.45) is 2.35. The molecule has 1 aliphatic rings. The molecule has 1 saturated carbocycles. The first kappa shape index (κ1) is 13.0. The lowest BCUT2D eigenvalue weighted by Gasteiger charge is -2.22. The normalized spacial score (nSPS) is 16.1. The maximum absolute atomic E-state index is 12.3. The van der Waals surface area contributed by atoms with E-state index in [0.717, 1.165) is 11.3 Å². The van der Waals surface area contributed by atoms with E-state index >= 15 is 0 Å². The lowest BCUT2D eigenvalue weighted by Crippen LogP contribution is -2.32. The number of nitrogens with two attached hydrogens (primary N) is 1. The smallest absolute Gasteiger partial charge is 0.229 e. The summed E-state index contributed by atoms with van der Waals surface area (Å²) in [4.78, 5) is 14.3. The largest absolute Gasteiger partial charge is 0.389 e. The molecule has 0 aromatic heterocycles. The SMILES string of the molecule is CC(C(=O)N(C)c1cccc(C(N)=S)c1)C1CC1. The van der Waals surface area contributed by atoms with E-state index in [4.69, 9.17) is 18.0 Å². The van der Waals surface area contributed by atoms with Gasteiger partial charge in [0, 0.05) is 24.2 Å². The Bertz CT molecular complexity index is 482. The number of thiocarbonyl (C=S) groups is 1. The fraction of sp³-hybridized carbons (Fsp3) is 0.429. The third-order valence-electron chi connectivity index (χ3n) is 3.57. The maximum Gasteiger partial charge on any atom is 0.229 e. The number of carbonyl (C=O) groups is 1. The Balaban J connectivity index is 2.16. The first-order chi connectivity index (χ1) is 8.50.